The predicted molar refractivity (Wildman–Crippen MR) is 58.4 cm³/mol. The van der Waals surface area contributed by atoms with Crippen LogP contribution in [-0.4, -0.2) is 24.0 Å². The van der Waals surface area contributed by atoms with E-state index in [-0.39, 0.29) is 11.4 Å². The van der Waals surface area contributed by atoms with Crippen molar-refractivity contribution in [2.75, 3.05) is 18.0 Å². The first-order valence-electron chi connectivity index (χ1n) is 5.09. The summed E-state index contributed by atoms with van der Waals surface area (Å²) in [6.07, 6.45) is 0.674. The standard InChI is InChI=1S/C10H10FN3O3/c11-8-3-2-7(14(16)17)6-9(8)13-5-1-4-12-10(13)15/h2-3,6H,1,4-5H2,(H,12,15). The lowest BCUT2D eigenvalue weighted by Crippen LogP contribution is -2.46. The number of carbonyl (C=O) groups excluding carboxylic acids is 1. The lowest BCUT2D eigenvalue weighted by atomic mass is 10.2. The van der Waals surface area contributed by atoms with Gasteiger partial charge >= 0.3 is 6.03 Å². The number of non-ortho nitro benzene ring substituents is 1. The Hall–Kier alpha value is -2.18. The lowest BCUT2D eigenvalue weighted by molar-refractivity contribution is -0.384. The Labute approximate surface area is 96.2 Å². The van der Waals surface area contributed by atoms with Gasteiger partial charge in [0.25, 0.3) is 5.69 Å². The molecule has 6 nitrogen and oxygen atoms in total. The van der Waals surface area contributed by atoms with Crippen LogP contribution in [0, 0.1) is 15.9 Å². The Bertz CT molecular complexity index is 478. The van der Waals surface area contributed by atoms with Crippen molar-refractivity contribution >= 4 is 17.4 Å². The van der Waals surface area contributed by atoms with Gasteiger partial charge in [-0.05, 0) is 12.5 Å². The minimum Gasteiger partial charge on any atom is -0.338 e. The molecule has 7 heteroatoms. The van der Waals surface area contributed by atoms with E-state index in [4.69, 9.17) is 0 Å². The summed E-state index contributed by atoms with van der Waals surface area (Å²) in [5, 5.41) is 13.1. The summed E-state index contributed by atoms with van der Waals surface area (Å²) in [7, 11) is 0. The van der Waals surface area contributed by atoms with Crippen LogP contribution >= 0.6 is 0 Å². The summed E-state index contributed by atoms with van der Waals surface area (Å²) in [5.41, 5.74) is -0.295. The van der Waals surface area contributed by atoms with Crippen molar-refractivity contribution in [2.24, 2.45) is 0 Å². The molecular weight excluding hydrogens is 229 g/mol. The van der Waals surface area contributed by atoms with Crippen LogP contribution in [0.4, 0.5) is 20.6 Å². The Morgan fingerprint density at radius 1 is 1.47 bits per heavy atom. The van der Waals surface area contributed by atoms with Crippen LogP contribution in [0.5, 0.6) is 0 Å². The number of nitro benzene ring substituents is 1. The van der Waals surface area contributed by atoms with E-state index < -0.39 is 16.8 Å². The molecule has 1 heterocycles. The molecule has 1 aromatic rings. The number of hydrogen-bond donors (Lipinski definition) is 1. The molecule has 0 aromatic heterocycles. The Kier molecular flexibility index (Phi) is 2.90. The molecule has 0 spiro atoms. The number of hydrogen-bond acceptors (Lipinski definition) is 3. The summed E-state index contributed by atoms with van der Waals surface area (Å²) in [6.45, 7) is 0.885. The van der Waals surface area contributed by atoms with Gasteiger partial charge in [-0.15, -0.1) is 0 Å². The Morgan fingerprint density at radius 3 is 2.88 bits per heavy atom. The van der Waals surface area contributed by atoms with E-state index in [0.29, 0.717) is 19.5 Å². The minimum atomic E-state index is -0.646. The van der Waals surface area contributed by atoms with Crippen LogP contribution in [0.1, 0.15) is 6.42 Å². The highest BCUT2D eigenvalue weighted by atomic mass is 19.1. The van der Waals surface area contributed by atoms with Crippen molar-refractivity contribution in [2.45, 2.75) is 6.42 Å². The quantitative estimate of drug-likeness (QED) is 0.629. The molecule has 2 amide bonds. The van der Waals surface area contributed by atoms with Gasteiger partial charge in [-0.1, -0.05) is 0 Å². The molecule has 1 N–H and O–H groups in total. The third kappa shape index (κ3) is 2.17. The average Bonchev–Trinajstić information content (AvgIpc) is 2.30. The smallest absolute Gasteiger partial charge is 0.321 e. The second kappa shape index (κ2) is 4.36. The molecule has 0 bridgehead atoms. The largest absolute Gasteiger partial charge is 0.338 e. The zero-order chi connectivity index (χ0) is 12.4. The van der Waals surface area contributed by atoms with E-state index >= 15 is 0 Å². The van der Waals surface area contributed by atoms with Crippen molar-refractivity contribution in [1.82, 2.24) is 5.32 Å². The first kappa shape index (κ1) is 11.3. The monoisotopic (exact) mass is 239 g/mol. The molecule has 0 atom stereocenters. The number of carbonyl (C=O) groups is 1. The second-order valence-electron chi connectivity index (χ2n) is 3.63. The van der Waals surface area contributed by atoms with Crippen LogP contribution in [0.2, 0.25) is 0 Å². The van der Waals surface area contributed by atoms with Crippen LogP contribution in [-0.2, 0) is 0 Å². The van der Waals surface area contributed by atoms with E-state index in [0.717, 1.165) is 18.2 Å². The van der Waals surface area contributed by atoms with Crippen LogP contribution in [0.25, 0.3) is 0 Å². The minimum absolute atomic E-state index is 0.0589. The fourth-order valence-electron chi connectivity index (χ4n) is 1.68. The molecule has 0 saturated carbocycles. The number of halogens is 1. The number of benzene rings is 1. The average molecular weight is 239 g/mol. The van der Waals surface area contributed by atoms with E-state index in [2.05, 4.69) is 5.32 Å². The maximum absolute atomic E-state index is 13.5. The molecular formula is C10H10FN3O3. The maximum atomic E-state index is 13.5. The number of nitrogens with zero attached hydrogens (tertiary/aromatic N) is 2. The zero-order valence-electron chi connectivity index (χ0n) is 8.85. The molecule has 0 aliphatic carbocycles. The Balaban J connectivity index is 2.39. The van der Waals surface area contributed by atoms with Crippen LogP contribution in [0.3, 0.4) is 0 Å². The van der Waals surface area contributed by atoms with Crippen molar-refractivity contribution in [3.8, 4) is 0 Å². The van der Waals surface area contributed by atoms with E-state index in [1.807, 2.05) is 0 Å². The summed E-state index contributed by atoms with van der Waals surface area (Å²) < 4.78 is 13.5. The molecule has 0 radical (unpaired) electrons. The fourth-order valence-corrected chi connectivity index (χ4v) is 1.68. The van der Waals surface area contributed by atoms with Gasteiger partial charge in [0, 0.05) is 25.2 Å². The number of nitro groups is 1. The van der Waals surface area contributed by atoms with Gasteiger partial charge in [-0.2, -0.15) is 0 Å². The third-order valence-corrected chi connectivity index (χ3v) is 2.51. The highest BCUT2D eigenvalue weighted by Crippen LogP contribution is 2.25. The normalized spacial score (nSPS) is 15.6. The van der Waals surface area contributed by atoms with Gasteiger partial charge in [0.15, 0.2) is 0 Å². The Morgan fingerprint density at radius 2 is 2.24 bits per heavy atom. The maximum Gasteiger partial charge on any atom is 0.321 e. The highest BCUT2D eigenvalue weighted by molar-refractivity contribution is 5.93. The van der Waals surface area contributed by atoms with Crippen molar-refractivity contribution in [1.29, 1.82) is 0 Å². The first-order valence-corrected chi connectivity index (χ1v) is 5.09. The van der Waals surface area contributed by atoms with Gasteiger partial charge in [-0.3, -0.25) is 15.0 Å². The molecule has 1 aliphatic rings. The third-order valence-electron chi connectivity index (χ3n) is 2.51. The molecule has 2 rings (SSSR count). The summed E-state index contributed by atoms with van der Waals surface area (Å²) in [5.74, 6) is -0.646. The van der Waals surface area contributed by atoms with Gasteiger partial charge in [0.1, 0.15) is 5.82 Å². The van der Waals surface area contributed by atoms with E-state index in [9.17, 15) is 19.3 Å². The molecule has 1 fully saturated rings. The number of anilines is 1. The van der Waals surface area contributed by atoms with Gasteiger partial charge < -0.3 is 5.32 Å². The van der Waals surface area contributed by atoms with Crippen LogP contribution < -0.4 is 10.2 Å². The van der Waals surface area contributed by atoms with Crippen molar-refractivity contribution in [3.05, 3.63) is 34.1 Å². The number of amides is 2. The predicted octanol–water partition coefficient (Wildman–Crippen LogP) is 1.65. The topological polar surface area (TPSA) is 75.5 Å². The van der Waals surface area contributed by atoms with E-state index in [1.165, 1.54) is 4.90 Å². The zero-order valence-corrected chi connectivity index (χ0v) is 8.85. The highest BCUT2D eigenvalue weighted by Gasteiger charge is 2.23. The van der Waals surface area contributed by atoms with Crippen molar-refractivity contribution in [3.63, 3.8) is 0 Å². The molecule has 17 heavy (non-hydrogen) atoms. The molecule has 1 aliphatic heterocycles. The molecule has 1 saturated heterocycles. The fraction of sp³-hybridized carbons (Fsp3) is 0.300. The van der Waals surface area contributed by atoms with Crippen LogP contribution in [0.15, 0.2) is 18.2 Å². The summed E-state index contributed by atoms with van der Waals surface area (Å²) in [4.78, 5) is 22.7. The lowest BCUT2D eigenvalue weighted by Gasteiger charge is -2.27. The number of nitrogens with one attached hydrogen (secondary N) is 1. The summed E-state index contributed by atoms with van der Waals surface area (Å²) in [6, 6.07) is 2.70. The number of rotatable bonds is 2. The number of urea groups is 1. The molecule has 90 valence electrons. The van der Waals surface area contributed by atoms with Gasteiger partial charge in [-0.25, -0.2) is 9.18 Å². The summed E-state index contributed by atoms with van der Waals surface area (Å²) >= 11 is 0. The second-order valence-corrected chi connectivity index (χ2v) is 3.63. The first-order chi connectivity index (χ1) is 8.09. The van der Waals surface area contributed by atoms with Gasteiger partial charge in [0.05, 0.1) is 10.6 Å². The molecule has 1 aromatic carbocycles. The molecule has 0 unspecified atom stereocenters. The van der Waals surface area contributed by atoms with Gasteiger partial charge in [0.2, 0.25) is 0 Å². The van der Waals surface area contributed by atoms with Crippen molar-refractivity contribution < 1.29 is 14.1 Å². The SMILES string of the molecule is O=C1NCCCN1c1cc([N+](=O)[O-])ccc1F. The van der Waals surface area contributed by atoms with E-state index in [1.54, 1.807) is 0 Å².